The van der Waals surface area contributed by atoms with Crippen molar-refractivity contribution in [1.82, 2.24) is 0 Å². The second-order valence-corrected chi connectivity index (χ2v) is 6.20. The van der Waals surface area contributed by atoms with Gasteiger partial charge in [-0.1, -0.05) is 39.0 Å². The van der Waals surface area contributed by atoms with Gasteiger partial charge in [0.05, 0.1) is 0 Å². The SMILES string of the molecule is CC1(C2CCCCC2)C2CCCCC21. The molecule has 0 saturated heterocycles. The molecule has 14 heavy (non-hydrogen) atoms. The van der Waals surface area contributed by atoms with Crippen LogP contribution in [0.1, 0.15) is 64.7 Å². The maximum atomic E-state index is 2.63. The van der Waals surface area contributed by atoms with E-state index in [4.69, 9.17) is 0 Å². The highest BCUT2D eigenvalue weighted by Gasteiger charge is 2.63. The summed E-state index contributed by atoms with van der Waals surface area (Å²) in [7, 11) is 0. The van der Waals surface area contributed by atoms with Crippen LogP contribution in [0, 0.1) is 23.2 Å². The summed E-state index contributed by atoms with van der Waals surface area (Å²) in [5, 5.41) is 0. The van der Waals surface area contributed by atoms with Crippen molar-refractivity contribution in [2.45, 2.75) is 64.7 Å². The molecule has 0 aromatic rings. The Labute approximate surface area is 88.5 Å². The first-order valence-corrected chi connectivity index (χ1v) is 6.83. The van der Waals surface area contributed by atoms with Gasteiger partial charge in [0.15, 0.2) is 0 Å². The Balaban J connectivity index is 1.71. The molecule has 3 aliphatic carbocycles. The average molecular weight is 192 g/mol. The molecule has 3 aliphatic rings. The lowest BCUT2D eigenvalue weighted by Gasteiger charge is -2.29. The van der Waals surface area contributed by atoms with Crippen molar-refractivity contribution in [3.8, 4) is 0 Å². The molecule has 3 fully saturated rings. The average Bonchev–Trinajstić information content (AvgIpc) is 2.89. The van der Waals surface area contributed by atoms with Gasteiger partial charge in [-0.25, -0.2) is 0 Å². The van der Waals surface area contributed by atoms with Crippen LogP contribution in [-0.2, 0) is 0 Å². The number of hydrogen-bond acceptors (Lipinski definition) is 0. The second-order valence-electron chi connectivity index (χ2n) is 6.20. The normalized spacial score (nSPS) is 48.6. The van der Waals surface area contributed by atoms with Gasteiger partial charge in [0.25, 0.3) is 0 Å². The lowest BCUT2D eigenvalue weighted by Crippen LogP contribution is -2.19. The van der Waals surface area contributed by atoms with Gasteiger partial charge in [0, 0.05) is 0 Å². The summed E-state index contributed by atoms with van der Waals surface area (Å²) >= 11 is 0. The first-order valence-electron chi connectivity index (χ1n) is 6.83. The topological polar surface area (TPSA) is 0 Å². The van der Waals surface area contributed by atoms with E-state index in [1.165, 1.54) is 32.1 Å². The van der Waals surface area contributed by atoms with Crippen molar-refractivity contribution < 1.29 is 0 Å². The molecule has 0 aromatic heterocycles. The van der Waals surface area contributed by atoms with E-state index in [9.17, 15) is 0 Å². The number of fused-ring (bicyclic) bond motifs is 1. The maximum absolute atomic E-state index is 2.63. The fraction of sp³-hybridized carbons (Fsp3) is 1.00. The fourth-order valence-corrected chi connectivity index (χ4v) is 4.81. The van der Waals surface area contributed by atoms with Crippen molar-refractivity contribution in [3.05, 3.63) is 0 Å². The Kier molecular flexibility index (Phi) is 2.15. The van der Waals surface area contributed by atoms with Crippen molar-refractivity contribution in [2.75, 3.05) is 0 Å². The highest BCUT2D eigenvalue weighted by Crippen LogP contribution is 2.70. The predicted molar refractivity (Wildman–Crippen MR) is 60.1 cm³/mol. The fourth-order valence-electron chi connectivity index (χ4n) is 4.81. The Morgan fingerprint density at radius 1 is 0.714 bits per heavy atom. The molecule has 3 saturated carbocycles. The largest absolute Gasteiger partial charge is 0.0588 e. The Hall–Kier alpha value is 0. The lowest BCUT2D eigenvalue weighted by molar-refractivity contribution is 0.215. The first kappa shape index (κ1) is 9.24. The molecule has 0 N–H and O–H groups in total. The molecule has 80 valence electrons. The summed E-state index contributed by atoms with van der Waals surface area (Å²) in [5.74, 6) is 3.42. The highest BCUT2D eigenvalue weighted by molar-refractivity contribution is 5.12. The zero-order chi connectivity index (χ0) is 9.60. The summed E-state index contributed by atoms with van der Waals surface area (Å²) in [4.78, 5) is 0. The zero-order valence-electron chi connectivity index (χ0n) is 9.60. The molecular formula is C14H24. The van der Waals surface area contributed by atoms with Crippen LogP contribution in [0.15, 0.2) is 0 Å². The van der Waals surface area contributed by atoms with Gasteiger partial charge in [-0.15, -0.1) is 0 Å². The number of rotatable bonds is 1. The van der Waals surface area contributed by atoms with Crippen molar-refractivity contribution in [2.24, 2.45) is 23.2 Å². The van der Waals surface area contributed by atoms with Crippen LogP contribution < -0.4 is 0 Å². The van der Waals surface area contributed by atoms with Crippen molar-refractivity contribution in [3.63, 3.8) is 0 Å². The summed E-state index contributed by atoms with van der Waals surface area (Å²) in [5.41, 5.74) is 0.816. The van der Waals surface area contributed by atoms with Crippen molar-refractivity contribution in [1.29, 1.82) is 0 Å². The standard InChI is InChI=1S/C14H24/c1-14(11-7-3-2-4-8-11)12-9-5-6-10-13(12)14/h11-13H,2-10H2,1H3. The molecule has 0 heterocycles. The molecule has 3 rings (SSSR count). The van der Waals surface area contributed by atoms with Gasteiger partial charge in [0.2, 0.25) is 0 Å². The van der Waals surface area contributed by atoms with E-state index in [0.29, 0.717) is 0 Å². The quantitative estimate of drug-likeness (QED) is 0.578. The van der Waals surface area contributed by atoms with Crippen LogP contribution in [0.3, 0.4) is 0 Å². The number of hydrogen-bond donors (Lipinski definition) is 0. The van der Waals surface area contributed by atoms with E-state index in [2.05, 4.69) is 6.92 Å². The molecule has 0 heteroatoms. The third kappa shape index (κ3) is 1.19. The summed E-state index contributed by atoms with van der Waals surface area (Å²) < 4.78 is 0. The van der Waals surface area contributed by atoms with Crippen LogP contribution in [0.5, 0.6) is 0 Å². The Morgan fingerprint density at radius 3 is 1.79 bits per heavy atom. The summed E-state index contributed by atoms with van der Waals surface area (Å²) in [6, 6.07) is 0. The Bertz CT molecular complexity index is 200. The van der Waals surface area contributed by atoms with Crippen LogP contribution in [-0.4, -0.2) is 0 Å². The van der Waals surface area contributed by atoms with E-state index in [0.717, 1.165) is 23.2 Å². The molecule has 0 bridgehead atoms. The van der Waals surface area contributed by atoms with Crippen molar-refractivity contribution >= 4 is 0 Å². The zero-order valence-corrected chi connectivity index (χ0v) is 9.60. The Morgan fingerprint density at radius 2 is 1.21 bits per heavy atom. The maximum Gasteiger partial charge on any atom is -0.0235 e. The van der Waals surface area contributed by atoms with E-state index < -0.39 is 0 Å². The molecule has 2 atom stereocenters. The third-order valence-electron chi connectivity index (χ3n) is 5.74. The predicted octanol–water partition coefficient (Wildman–Crippen LogP) is 4.39. The van der Waals surface area contributed by atoms with Gasteiger partial charge >= 0.3 is 0 Å². The second kappa shape index (κ2) is 3.25. The van der Waals surface area contributed by atoms with E-state index >= 15 is 0 Å². The van der Waals surface area contributed by atoms with E-state index in [1.54, 1.807) is 25.7 Å². The van der Waals surface area contributed by atoms with Gasteiger partial charge < -0.3 is 0 Å². The smallest absolute Gasteiger partial charge is 0.0235 e. The molecule has 0 spiro atoms. The van der Waals surface area contributed by atoms with Gasteiger partial charge in [-0.3, -0.25) is 0 Å². The molecule has 0 aliphatic heterocycles. The lowest BCUT2D eigenvalue weighted by atomic mass is 9.76. The van der Waals surface area contributed by atoms with Crippen LogP contribution in [0.2, 0.25) is 0 Å². The molecule has 2 unspecified atom stereocenters. The molecular weight excluding hydrogens is 168 g/mol. The van der Waals surface area contributed by atoms with E-state index in [1.807, 2.05) is 0 Å². The summed E-state index contributed by atoms with van der Waals surface area (Å²) in [6.07, 6.45) is 13.9. The molecule has 0 aromatic carbocycles. The minimum Gasteiger partial charge on any atom is -0.0588 e. The summed E-state index contributed by atoms with van der Waals surface area (Å²) in [6.45, 7) is 2.63. The molecule has 0 nitrogen and oxygen atoms in total. The monoisotopic (exact) mass is 192 g/mol. The first-order chi connectivity index (χ1) is 6.83. The minimum absolute atomic E-state index is 0.816. The van der Waals surface area contributed by atoms with Crippen LogP contribution in [0.25, 0.3) is 0 Å². The van der Waals surface area contributed by atoms with Gasteiger partial charge in [0.1, 0.15) is 0 Å². The molecule has 0 radical (unpaired) electrons. The highest BCUT2D eigenvalue weighted by atomic mass is 14.7. The van der Waals surface area contributed by atoms with Gasteiger partial charge in [-0.2, -0.15) is 0 Å². The third-order valence-corrected chi connectivity index (χ3v) is 5.74. The van der Waals surface area contributed by atoms with Crippen LogP contribution >= 0.6 is 0 Å². The van der Waals surface area contributed by atoms with E-state index in [-0.39, 0.29) is 0 Å². The van der Waals surface area contributed by atoms with Crippen LogP contribution in [0.4, 0.5) is 0 Å². The molecule has 0 amide bonds. The van der Waals surface area contributed by atoms with Gasteiger partial charge in [-0.05, 0) is 48.9 Å². The minimum atomic E-state index is 0.816.